The van der Waals surface area contributed by atoms with Gasteiger partial charge in [0.15, 0.2) is 0 Å². The molecule has 1 heterocycles. The molecule has 0 aliphatic carbocycles. The maximum atomic E-state index is 11.8. The molecule has 138 valence electrons. The second-order valence-electron chi connectivity index (χ2n) is 6.05. The van der Waals surface area contributed by atoms with E-state index in [4.69, 9.17) is 4.52 Å². The number of benzene rings is 3. The number of phosphoric ester groups is 1. The summed E-state index contributed by atoms with van der Waals surface area (Å²) in [5.41, 5.74) is 1.27. The third-order valence-electron chi connectivity index (χ3n) is 4.24. The second kappa shape index (κ2) is 7.84. The third kappa shape index (κ3) is 4.32. The first-order valence-electron chi connectivity index (χ1n) is 8.32. The Bertz CT molecular complexity index is 945. The topological polar surface area (TPSA) is 66.8 Å². The number of fused-ring (bicyclic) bond motifs is 2. The summed E-state index contributed by atoms with van der Waals surface area (Å²) in [7, 11) is -4.68. The fraction of sp³-hybridized carbons (Fsp3) is 0.100. The van der Waals surface area contributed by atoms with E-state index in [1.807, 2.05) is 78.9 Å². The highest BCUT2D eigenvalue weighted by Crippen LogP contribution is 2.53. The van der Waals surface area contributed by atoms with Crippen LogP contribution in [0.1, 0.15) is 17.0 Å². The maximum Gasteiger partial charge on any atom is 0.470 e. The lowest BCUT2D eigenvalue weighted by atomic mass is 9.91. The first kappa shape index (κ1) is 18.8. The lowest BCUT2D eigenvalue weighted by Crippen LogP contribution is -2.22. The van der Waals surface area contributed by atoms with Gasteiger partial charge in [-0.3, -0.25) is 4.52 Å². The van der Waals surface area contributed by atoms with Crippen molar-refractivity contribution in [3.8, 4) is 0 Å². The van der Waals surface area contributed by atoms with Crippen LogP contribution in [0.2, 0.25) is 0 Å². The summed E-state index contributed by atoms with van der Waals surface area (Å²) in [6.07, 6.45) is 0. The molecule has 0 fully saturated rings. The quantitative estimate of drug-likeness (QED) is 0.325. The van der Waals surface area contributed by atoms with Crippen LogP contribution in [0.5, 0.6) is 0 Å². The van der Waals surface area contributed by atoms with Crippen LogP contribution >= 0.6 is 31.3 Å². The van der Waals surface area contributed by atoms with Gasteiger partial charge in [-0.05, 0) is 35.4 Å². The van der Waals surface area contributed by atoms with Crippen molar-refractivity contribution in [2.45, 2.75) is 26.0 Å². The highest BCUT2D eigenvalue weighted by molar-refractivity contribution is 8.00. The average molecular weight is 416 g/mol. The first-order chi connectivity index (χ1) is 13.0. The van der Waals surface area contributed by atoms with Gasteiger partial charge >= 0.3 is 7.82 Å². The Labute approximate surface area is 166 Å². The van der Waals surface area contributed by atoms with Crippen LogP contribution in [-0.2, 0) is 9.09 Å². The molecule has 0 amide bonds. The maximum absolute atomic E-state index is 11.8. The van der Waals surface area contributed by atoms with Crippen molar-refractivity contribution >= 4 is 31.3 Å². The molecule has 0 radical (unpaired) electrons. The Hall–Kier alpha value is -1.53. The zero-order chi connectivity index (χ0) is 18.9. The van der Waals surface area contributed by atoms with Gasteiger partial charge in [0.2, 0.25) is 0 Å². The van der Waals surface area contributed by atoms with Gasteiger partial charge in [-0.2, -0.15) is 0 Å². The molecule has 1 aliphatic rings. The van der Waals surface area contributed by atoms with E-state index >= 15 is 0 Å². The molecule has 4 nitrogen and oxygen atoms in total. The molecule has 7 heteroatoms. The molecule has 0 spiro atoms. The van der Waals surface area contributed by atoms with E-state index in [0.717, 1.165) is 25.8 Å². The Kier molecular flexibility index (Phi) is 5.46. The highest BCUT2D eigenvalue weighted by Gasteiger charge is 2.37. The lowest BCUT2D eigenvalue weighted by molar-refractivity contribution is 0.172. The van der Waals surface area contributed by atoms with Crippen LogP contribution in [0.4, 0.5) is 0 Å². The molecule has 4 rings (SSSR count). The fourth-order valence-corrected chi connectivity index (χ4v) is 6.23. The van der Waals surface area contributed by atoms with E-state index in [2.05, 4.69) is 0 Å². The van der Waals surface area contributed by atoms with E-state index in [1.165, 1.54) is 11.8 Å². The van der Waals surface area contributed by atoms with Crippen LogP contribution < -0.4 is 0 Å². The molecule has 1 aliphatic heterocycles. The molecule has 0 saturated heterocycles. The SMILES string of the molecule is O=P(O)(O)OC(Sc1ccccc1)C1c2ccccc2Sc2ccccc21. The predicted octanol–water partition coefficient (Wildman–Crippen LogP) is 5.51. The van der Waals surface area contributed by atoms with E-state index in [0.29, 0.717) is 0 Å². The Balaban J connectivity index is 1.82. The zero-order valence-electron chi connectivity index (χ0n) is 14.1. The summed E-state index contributed by atoms with van der Waals surface area (Å²) in [6, 6.07) is 25.4. The monoisotopic (exact) mass is 416 g/mol. The van der Waals surface area contributed by atoms with Gasteiger partial charge < -0.3 is 9.79 Å². The molecule has 0 saturated carbocycles. The summed E-state index contributed by atoms with van der Waals surface area (Å²) in [5.74, 6) is -0.295. The molecule has 1 atom stereocenters. The van der Waals surface area contributed by atoms with E-state index < -0.39 is 13.3 Å². The number of rotatable bonds is 5. The van der Waals surface area contributed by atoms with Crippen LogP contribution in [0.3, 0.4) is 0 Å². The average Bonchev–Trinajstić information content (AvgIpc) is 2.65. The fourth-order valence-electron chi connectivity index (χ4n) is 3.16. The van der Waals surface area contributed by atoms with Gasteiger partial charge in [-0.15, -0.1) is 0 Å². The van der Waals surface area contributed by atoms with Crippen LogP contribution in [0, 0.1) is 0 Å². The predicted molar refractivity (Wildman–Crippen MR) is 108 cm³/mol. The number of thioether (sulfide) groups is 1. The number of phosphoric acid groups is 1. The van der Waals surface area contributed by atoms with Gasteiger partial charge in [0.1, 0.15) is 5.44 Å². The number of hydrogen-bond donors (Lipinski definition) is 2. The van der Waals surface area contributed by atoms with E-state index in [9.17, 15) is 14.4 Å². The molecular weight excluding hydrogens is 399 g/mol. The summed E-state index contributed by atoms with van der Waals surface area (Å²) in [4.78, 5) is 22.2. The van der Waals surface area contributed by atoms with Gasteiger partial charge in [-0.1, -0.05) is 78.1 Å². The van der Waals surface area contributed by atoms with Crippen LogP contribution in [0.25, 0.3) is 0 Å². The van der Waals surface area contributed by atoms with Crippen molar-refractivity contribution in [2.75, 3.05) is 0 Å². The lowest BCUT2D eigenvalue weighted by Gasteiger charge is -2.33. The summed E-state index contributed by atoms with van der Waals surface area (Å²) in [5, 5.41) is 0. The van der Waals surface area contributed by atoms with Crippen LogP contribution in [0.15, 0.2) is 93.5 Å². The molecule has 0 bridgehead atoms. The van der Waals surface area contributed by atoms with Crippen molar-refractivity contribution in [3.05, 3.63) is 90.0 Å². The molecule has 0 aromatic heterocycles. The van der Waals surface area contributed by atoms with Gasteiger partial charge in [0.25, 0.3) is 0 Å². The molecule has 1 unspecified atom stereocenters. The van der Waals surface area contributed by atoms with E-state index in [-0.39, 0.29) is 5.92 Å². The number of hydrogen-bond acceptors (Lipinski definition) is 4. The zero-order valence-corrected chi connectivity index (χ0v) is 16.7. The Morgan fingerprint density at radius 3 is 1.93 bits per heavy atom. The van der Waals surface area contributed by atoms with Crippen molar-refractivity contribution in [2.24, 2.45) is 0 Å². The van der Waals surface area contributed by atoms with Gasteiger partial charge in [0, 0.05) is 20.6 Å². The van der Waals surface area contributed by atoms with Crippen molar-refractivity contribution < 1.29 is 18.9 Å². The molecule has 27 heavy (non-hydrogen) atoms. The van der Waals surface area contributed by atoms with Crippen molar-refractivity contribution in [1.82, 2.24) is 0 Å². The molecular formula is C20H17O4PS2. The van der Waals surface area contributed by atoms with E-state index in [1.54, 1.807) is 11.8 Å². The standard InChI is InChI=1S/C20H17O4PS2/c21-25(22,23)24-20(26-14-8-2-1-3-9-14)19-15-10-4-6-12-17(15)27-18-13-7-5-11-16(18)19/h1-13,19-20H,(H2,21,22,23). The third-order valence-corrected chi connectivity index (χ3v) is 7.21. The second-order valence-corrected chi connectivity index (χ2v) is 9.50. The summed E-state index contributed by atoms with van der Waals surface area (Å²) < 4.78 is 17.1. The van der Waals surface area contributed by atoms with Crippen LogP contribution in [-0.4, -0.2) is 15.2 Å². The van der Waals surface area contributed by atoms with Crippen molar-refractivity contribution in [1.29, 1.82) is 0 Å². The summed E-state index contributed by atoms with van der Waals surface area (Å²) >= 11 is 2.99. The molecule has 3 aromatic rings. The molecule has 3 aromatic carbocycles. The Morgan fingerprint density at radius 2 is 1.37 bits per heavy atom. The highest BCUT2D eigenvalue weighted by atomic mass is 32.2. The minimum Gasteiger partial charge on any atom is -0.303 e. The normalized spacial score (nSPS) is 15.0. The Morgan fingerprint density at radius 1 is 0.852 bits per heavy atom. The van der Waals surface area contributed by atoms with Crippen molar-refractivity contribution in [3.63, 3.8) is 0 Å². The largest absolute Gasteiger partial charge is 0.470 e. The smallest absolute Gasteiger partial charge is 0.303 e. The molecule has 2 N–H and O–H groups in total. The summed E-state index contributed by atoms with van der Waals surface area (Å²) in [6.45, 7) is 0. The first-order valence-corrected chi connectivity index (χ1v) is 11.6. The van der Waals surface area contributed by atoms with Gasteiger partial charge in [0.05, 0.1) is 0 Å². The minimum absolute atomic E-state index is 0.295. The van der Waals surface area contributed by atoms with Gasteiger partial charge in [-0.25, -0.2) is 4.57 Å². The minimum atomic E-state index is -4.68.